The van der Waals surface area contributed by atoms with Crippen LogP contribution in [0.4, 0.5) is 10.1 Å². The minimum absolute atomic E-state index is 0.0115. The molecule has 11 heteroatoms. The van der Waals surface area contributed by atoms with E-state index in [0.29, 0.717) is 30.0 Å². The second-order valence-electron chi connectivity index (χ2n) is 12.4. The second kappa shape index (κ2) is 11.3. The fourth-order valence-electron chi connectivity index (χ4n) is 5.82. The number of nitrogens with zero attached hydrogens (tertiary/aromatic N) is 5. The predicted octanol–water partition coefficient (Wildman–Crippen LogP) is 5.05. The average molecular weight is 581 g/mol. The molecule has 0 saturated heterocycles. The molecule has 0 aliphatic heterocycles. The predicted molar refractivity (Wildman–Crippen MR) is 158 cm³/mol. The summed E-state index contributed by atoms with van der Waals surface area (Å²) >= 11 is 0. The molecule has 0 fully saturated rings. The molecule has 42 heavy (non-hydrogen) atoms. The Kier molecular flexibility index (Phi) is 8.35. The summed E-state index contributed by atoms with van der Waals surface area (Å²) < 4.78 is 17.5. The summed E-state index contributed by atoms with van der Waals surface area (Å²) in [7, 11) is 3.24. The number of aryl methyl sites for hydroxylation is 2. The summed E-state index contributed by atoms with van der Waals surface area (Å²) in [6, 6.07) is 3.97. The lowest BCUT2D eigenvalue weighted by atomic mass is 9.91. The van der Waals surface area contributed by atoms with Gasteiger partial charge in [0.1, 0.15) is 17.2 Å². The molecule has 2 aromatic heterocycles. The number of fused-ring (bicyclic) bond motifs is 2. The largest absolute Gasteiger partial charge is 0.477 e. The van der Waals surface area contributed by atoms with E-state index in [1.54, 1.807) is 23.5 Å². The third-order valence-corrected chi connectivity index (χ3v) is 8.27. The number of carboxylic acids is 1. The molecule has 0 spiro atoms. The van der Waals surface area contributed by atoms with E-state index in [-0.39, 0.29) is 22.4 Å². The van der Waals surface area contributed by atoms with Crippen molar-refractivity contribution in [2.75, 3.05) is 19.4 Å². The number of amides is 2. The number of carboxylic acid groups (broad SMARTS) is 1. The van der Waals surface area contributed by atoms with Gasteiger partial charge in [0.2, 0.25) is 0 Å². The summed E-state index contributed by atoms with van der Waals surface area (Å²) in [6.07, 6.45) is 3.53. The fourth-order valence-corrected chi connectivity index (χ4v) is 5.82. The van der Waals surface area contributed by atoms with Crippen LogP contribution in [-0.4, -0.2) is 61.4 Å². The van der Waals surface area contributed by atoms with Crippen molar-refractivity contribution >= 4 is 23.5 Å². The minimum atomic E-state index is -0.858. The highest BCUT2D eigenvalue weighted by atomic mass is 19.1. The van der Waals surface area contributed by atoms with Gasteiger partial charge in [0.15, 0.2) is 0 Å². The van der Waals surface area contributed by atoms with Crippen LogP contribution in [0.25, 0.3) is 0 Å². The Morgan fingerprint density at radius 3 is 1.90 bits per heavy atom. The van der Waals surface area contributed by atoms with Gasteiger partial charge in [-0.25, -0.2) is 9.18 Å². The number of hydrogen-bond donors (Lipinski definition) is 2. The van der Waals surface area contributed by atoms with Crippen molar-refractivity contribution in [2.45, 2.75) is 91.1 Å². The molecule has 0 unspecified atom stereocenters. The van der Waals surface area contributed by atoms with E-state index < -0.39 is 17.7 Å². The highest BCUT2D eigenvalue weighted by molar-refractivity contribution is 6.05. The Hall–Kier alpha value is -4.02. The highest BCUT2D eigenvalue weighted by Gasteiger charge is 2.38. The van der Waals surface area contributed by atoms with Gasteiger partial charge in [-0.1, -0.05) is 27.7 Å². The van der Waals surface area contributed by atoms with Crippen molar-refractivity contribution in [1.29, 1.82) is 0 Å². The number of aromatic nitrogens is 4. The Balaban J connectivity index is 0.000000227. The molecule has 3 aromatic rings. The van der Waals surface area contributed by atoms with E-state index in [1.807, 2.05) is 13.8 Å². The number of anilines is 1. The molecule has 2 aliphatic carbocycles. The Labute approximate surface area is 245 Å². The fraction of sp³-hybridized carbons (Fsp3) is 0.516. The topological polar surface area (TPSA) is 122 Å². The molecule has 2 amide bonds. The van der Waals surface area contributed by atoms with E-state index >= 15 is 0 Å². The molecule has 2 aliphatic rings. The zero-order valence-electron chi connectivity index (χ0n) is 25.8. The summed E-state index contributed by atoms with van der Waals surface area (Å²) in [5, 5.41) is 20.8. The van der Waals surface area contributed by atoms with Crippen LogP contribution in [0.2, 0.25) is 0 Å². The first-order valence-electron chi connectivity index (χ1n) is 14.4. The normalized spacial score (nSPS) is 15.8. The third kappa shape index (κ3) is 5.56. The van der Waals surface area contributed by atoms with E-state index in [1.165, 1.54) is 23.1 Å². The number of halogens is 1. The lowest BCUT2D eigenvalue weighted by molar-refractivity contribution is 0.0681. The van der Waals surface area contributed by atoms with Crippen molar-refractivity contribution in [3.63, 3.8) is 0 Å². The van der Waals surface area contributed by atoms with Crippen LogP contribution in [0.15, 0.2) is 18.2 Å². The van der Waals surface area contributed by atoms with Crippen molar-refractivity contribution < 1.29 is 23.9 Å². The smallest absolute Gasteiger partial charge is 0.354 e. The van der Waals surface area contributed by atoms with Crippen molar-refractivity contribution in [1.82, 2.24) is 24.5 Å². The van der Waals surface area contributed by atoms with Crippen LogP contribution in [-0.2, 0) is 36.8 Å². The molecule has 5 rings (SSSR count). The van der Waals surface area contributed by atoms with Crippen LogP contribution < -0.4 is 5.32 Å². The molecular formula is C31H41FN6O4. The maximum Gasteiger partial charge on any atom is 0.354 e. The third-order valence-electron chi connectivity index (χ3n) is 8.27. The van der Waals surface area contributed by atoms with Gasteiger partial charge in [0.05, 0.1) is 17.1 Å². The highest BCUT2D eigenvalue weighted by Crippen LogP contribution is 2.40. The SMILES string of the molecule is CCn1nc2c(c1C(=O)Nc1cc(C(=O)N(C)C)ccc1F)CCC2(C)C.CCn1nc2c(c1C(=O)O)CCC2(C)C. The molecule has 0 saturated carbocycles. The standard InChI is InChI=1S/C20H25FN4O2.C11H16N2O2/c1-6-25-16(13-9-10-20(2,3)17(13)23-25)18(26)22-15-11-12(7-8-14(15)21)19(27)24(4)5;1-4-13-8(10(14)15)7-5-6-11(2,3)9(7)12-13/h7-8,11H,6,9-10H2,1-5H3,(H,22,26);4-6H2,1-3H3,(H,14,15). The Morgan fingerprint density at radius 2 is 1.43 bits per heavy atom. The van der Waals surface area contributed by atoms with Gasteiger partial charge in [-0.3, -0.25) is 19.0 Å². The van der Waals surface area contributed by atoms with Crippen molar-refractivity contribution in [2.24, 2.45) is 0 Å². The molecule has 2 N–H and O–H groups in total. The molecule has 0 bridgehead atoms. The monoisotopic (exact) mass is 580 g/mol. The zero-order valence-corrected chi connectivity index (χ0v) is 25.8. The summed E-state index contributed by atoms with van der Waals surface area (Å²) in [4.78, 5) is 37.6. The maximum atomic E-state index is 14.3. The van der Waals surface area contributed by atoms with Gasteiger partial charge in [-0.15, -0.1) is 0 Å². The van der Waals surface area contributed by atoms with Gasteiger partial charge in [0, 0.05) is 54.7 Å². The van der Waals surface area contributed by atoms with Crippen molar-refractivity contribution in [3.05, 3.63) is 63.5 Å². The lowest BCUT2D eigenvalue weighted by Crippen LogP contribution is -2.23. The minimum Gasteiger partial charge on any atom is -0.477 e. The number of hydrogen-bond acceptors (Lipinski definition) is 5. The number of aromatic carboxylic acids is 1. The first kappa shape index (κ1) is 30.9. The average Bonchev–Trinajstić information content (AvgIpc) is 3.65. The number of nitrogens with one attached hydrogen (secondary N) is 1. The van der Waals surface area contributed by atoms with Gasteiger partial charge >= 0.3 is 5.97 Å². The van der Waals surface area contributed by atoms with E-state index in [0.717, 1.165) is 48.2 Å². The van der Waals surface area contributed by atoms with Gasteiger partial charge < -0.3 is 15.3 Å². The Bertz CT molecular complexity index is 1550. The molecule has 1 aromatic carbocycles. The maximum absolute atomic E-state index is 14.3. The quantitative estimate of drug-likeness (QED) is 0.421. The van der Waals surface area contributed by atoms with E-state index in [4.69, 9.17) is 5.11 Å². The van der Waals surface area contributed by atoms with Crippen LogP contribution in [0.5, 0.6) is 0 Å². The molecule has 2 heterocycles. The van der Waals surface area contributed by atoms with Crippen molar-refractivity contribution in [3.8, 4) is 0 Å². The summed E-state index contributed by atoms with van der Waals surface area (Å²) in [5.41, 5.74) is 4.89. The molecule has 10 nitrogen and oxygen atoms in total. The number of carbonyl (C=O) groups is 3. The lowest BCUT2D eigenvalue weighted by Gasteiger charge is -2.15. The summed E-state index contributed by atoms with van der Waals surface area (Å²) in [5.74, 6) is -2.11. The van der Waals surface area contributed by atoms with Crippen LogP contribution in [0.3, 0.4) is 0 Å². The van der Waals surface area contributed by atoms with E-state index in [9.17, 15) is 18.8 Å². The zero-order chi connectivity index (χ0) is 31.1. The number of carbonyl (C=O) groups excluding carboxylic acids is 2. The van der Waals surface area contributed by atoms with Gasteiger partial charge in [-0.05, 0) is 57.7 Å². The first-order chi connectivity index (χ1) is 19.6. The number of benzene rings is 1. The van der Waals surface area contributed by atoms with Gasteiger partial charge in [-0.2, -0.15) is 10.2 Å². The van der Waals surface area contributed by atoms with Crippen LogP contribution in [0.1, 0.15) is 108 Å². The van der Waals surface area contributed by atoms with E-state index in [2.05, 4.69) is 43.2 Å². The molecule has 0 radical (unpaired) electrons. The van der Waals surface area contributed by atoms with Gasteiger partial charge in [0.25, 0.3) is 11.8 Å². The van der Waals surface area contributed by atoms with Crippen LogP contribution >= 0.6 is 0 Å². The first-order valence-corrected chi connectivity index (χ1v) is 14.4. The second-order valence-corrected chi connectivity index (χ2v) is 12.4. The molecule has 226 valence electrons. The van der Waals surface area contributed by atoms with Crippen LogP contribution in [0, 0.1) is 5.82 Å². The molecular weight excluding hydrogens is 539 g/mol. The molecule has 0 atom stereocenters. The Morgan fingerprint density at radius 1 is 0.929 bits per heavy atom. The number of rotatable bonds is 6. The summed E-state index contributed by atoms with van der Waals surface area (Å²) in [6.45, 7) is 13.5.